The van der Waals surface area contributed by atoms with Crippen molar-refractivity contribution in [2.45, 2.75) is 24.0 Å². The normalized spacial score (nSPS) is 15.6. The highest BCUT2D eigenvalue weighted by Gasteiger charge is 2.16. The molecule has 13 heavy (non-hydrogen) atoms. The molecule has 0 saturated carbocycles. The molecule has 0 spiro atoms. The molecule has 4 N–H and O–H groups in total. The van der Waals surface area contributed by atoms with E-state index in [2.05, 4.69) is 9.97 Å². The van der Waals surface area contributed by atoms with Crippen LogP contribution in [-0.4, -0.2) is 33.0 Å². The van der Waals surface area contributed by atoms with Crippen molar-refractivity contribution in [3.63, 3.8) is 0 Å². The second-order valence-electron chi connectivity index (χ2n) is 3.30. The van der Waals surface area contributed by atoms with E-state index >= 15 is 0 Å². The van der Waals surface area contributed by atoms with Gasteiger partial charge in [-0.1, -0.05) is 11.8 Å². The van der Waals surface area contributed by atoms with Gasteiger partial charge in [-0.3, -0.25) is 0 Å². The van der Waals surface area contributed by atoms with Crippen molar-refractivity contribution in [2.75, 3.05) is 12.4 Å². The smallest absolute Gasteiger partial charge is 0.165 e. The molecule has 1 atom stereocenters. The fraction of sp³-hybridized carbons (Fsp3) is 0.625. The molecule has 1 aromatic rings. The van der Waals surface area contributed by atoms with Crippen LogP contribution in [-0.2, 0) is 0 Å². The highest BCUT2D eigenvalue weighted by Crippen LogP contribution is 2.16. The van der Waals surface area contributed by atoms with Gasteiger partial charge in [-0.25, -0.2) is 4.98 Å². The number of aliphatic hydroxyl groups is 1. The van der Waals surface area contributed by atoms with Crippen LogP contribution in [0, 0.1) is 0 Å². The number of hydrogen-bond donors (Lipinski definition) is 3. The maximum atomic E-state index is 8.89. The molecular formula is C8H15N3OS. The minimum Gasteiger partial charge on any atom is -0.394 e. The molecule has 5 heteroatoms. The summed E-state index contributed by atoms with van der Waals surface area (Å²) >= 11 is 1.61. The first-order chi connectivity index (χ1) is 6.14. The molecule has 0 aliphatic carbocycles. The molecule has 0 fully saturated rings. The van der Waals surface area contributed by atoms with Crippen LogP contribution in [0.15, 0.2) is 17.6 Å². The molecule has 0 aliphatic heterocycles. The van der Waals surface area contributed by atoms with E-state index in [0.29, 0.717) is 0 Å². The Morgan fingerprint density at radius 3 is 3.08 bits per heavy atom. The Morgan fingerprint density at radius 2 is 2.54 bits per heavy atom. The van der Waals surface area contributed by atoms with E-state index in [9.17, 15) is 0 Å². The van der Waals surface area contributed by atoms with Crippen molar-refractivity contribution in [3.8, 4) is 0 Å². The Kier molecular flexibility index (Phi) is 3.77. The fourth-order valence-corrected chi connectivity index (χ4v) is 1.84. The molecule has 0 radical (unpaired) electrons. The van der Waals surface area contributed by atoms with E-state index in [0.717, 1.165) is 17.3 Å². The number of aromatic nitrogens is 2. The van der Waals surface area contributed by atoms with Crippen LogP contribution >= 0.6 is 11.8 Å². The molecule has 0 amide bonds. The highest BCUT2D eigenvalue weighted by molar-refractivity contribution is 7.99. The van der Waals surface area contributed by atoms with E-state index < -0.39 is 5.54 Å². The van der Waals surface area contributed by atoms with Crippen molar-refractivity contribution >= 4 is 11.8 Å². The Morgan fingerprint density at radius 1 is 1.77 bits per heavy atom. The number of H-pyrrole nitrogens is 1. The highest BCUT2D eigenvalue weighted by atomic mass is 32.2. The predicted molar refractivity (Wildman–Crippen MR) is 53.6 cm³/mol. The number of aromatic amines is 1. The van der Waals surface area contributed by atoms with Gasteiger partial charge in [0.15, 0.2) is 5.16 Å². The van der Waals surface area contributed by atoms with Crippen molar-refractivity contribution in [2.24, 2.45) is 5.73 Å². The third kappa shape index (κ3) is 3.80. The van der Waals surface area contributed by atoms with E-state index in [1.54, 1.807) is 24.2 Å². The van der Waals surface area contributed by atoms with Crippen LogP contribution in [0.3, 0.4) is 0 Å². The van der Waals surface area contributed by atoms with Crippen LogP contribution in [0.4, 0.5) is 0 Å². The van der Waals surface area contributed by atoms with Crippen LogP contribution in [0.25, 0.3) is 0 Å². The Labute approximate surface area is 81.9 Å². The first-order valence-corrected chi connectivity index (χ1v) is 5.14. The fourth-order valence-electron chi connectivity index (χ4n) is 0.790. The molecule has 1 unspecified atom stereocenters. The number of thioether (sulfide) groups is 1. The van der Waals surface area contributed by atoms with Gasteiger partial charge in [-0.05, 0) is 13.3 Å². The van der Waals surface area contributed by atoms with Gasteiger partial charge in [-0.2, -0.15) is 0 Å². The minimum atomic E-state index is -0.473. The van der Waals surface area contributed by atoms with Gasteiger partial charge in [0, 0.05) is 23.7 Å². The van der Waals surface area contributed by atoms with Gasteiger partial charge in [0.05, 0.1) is 6.61 Å². The van der Waals surface area contributed by atoms with Gasteiger partial charge < -0.3 is 15.8 Å². The lowest BCUT2D eigenvalue weighted by Crippen LogP contribution is -2.40. The Balaban J connectivity index is 2.21. The zero-order valence-electron chi connectivity index (χ0n) is 7.66. The van der Waals surface area contributed by atoms with E-state index in [4.69, 9.17) is 10.8 Å². The number of rotatable bonds is 5. The first-order valence-electron chi connectivity index (χ1n) is 4.16. The summed E-state index contributed by atoms with van der Waals surface area (Å²) in [7, 11) is 0. The number of nitrogens with one attached hydrogen (secondary N) is 1. The topological polar surface area (TPSA) is 74.9 Å². The average molecular weight is 201 g/mol. The lowest BCUT2D eigenvalue weighted by molar-refractivity contribution is 0.206. The quantitative estimate of drug-likeness (QED) is 0.610. The molecule has 0 aliphatic rings. The second kappa shape index (κ2) is 4.64. The van der Waals surface area contributed by atoms with Crippen molar-refractivity contribution in [1.29, 1.82) is 0 Å². The zero-order valence-corrected chi connectivity index (χ0v) is 8.47. The lowest BCUT2D eigenvalue weighted by atomic mass is 10.0. The van der Waals surface area contributed by atoms with Gasteiger partial charge in [-0.15, -0.1) is 0 Å². The Hall–Kier alpha value is -0.520. The number of aliphatic hydroxyl groups excluding tert-OH is 1. The summed E-state index contributed by atoms with van der Waals surface area (Å²) in [6.45, 7) is 1.86. The van der Waals surface area contributed by atoms with E-state index in [-0.39, 0.29) is 6.61 Å². The number of nitrogens with zero attached hydrogens (tertiary/aromatic N) is 1. The third-order valence-electron chi connectivity index (χ3n) is 1.75. The van der Waals surface area contributed by atoms with E-state index in [1.165, 1.54) is 0 Å². The van der Waals surface area contributed by atoms with Gasteiger partial charge in [0.1, 0.15) is 0 Å². The van der Waals surface area contributed by atoms with Crippen molar-refractivity contribution in [1.82, 2.24) is 9.97 Å². The molecule has 74 valence electrons. The summed E-state index contributed by atoms with van der Waals surface area (Å²) < 4.78 is 0. The van der Waals surface area contributed by atoms with Gasteiger partial charge in [0.25, 0.3) is 0 Å². The van der Waals surface area contributed by atoms with Gasteiger partial charge in [0.2, 0.25) is 0 Å². The molecule has 1 heterocycles. The maximum absolute atomic E-state index is 8.89. The van der Waals surface area contributed by atoms with E-state index in [1.807, 2.05) is 6.92 Å². The largest absolute Gasteiger partial charge is 0.394 e. The molecule has 4 nitrogen and oxygen atoms in total. The summed E-state index contributed by atoms with van der Waals surface area (Å²) in [5.41, 5.74) is 5.29. The summed E-state index contributed by atoms with van der Waals surface area (Å²) in [5, 5.41) is 9.79. The van der Waals surface area contributed by atoms with Crippen LogP contribution < -0.4 is 5.73 Å². The molecular weight excluding hydrogens is 186 g/mol. The SMILES string of the molecule is CC(N)(CO)CCSc1ncc[nH]1. The monoisotopic (exact) mass is 201 g/mol. The number of nitrogens with two attached hydrogens (primary N) is 1. The second-order valence-corrected chi connectivity index (χ2v) is 4.39. The number of imidazole rings is 1. The van der Waals surface area contributed by atoms with Crippen LogP contribution in [0.5, 0.6) is 0 Å². The Bertz CT molecular complexity index is 236. The van der Waals surface area contributed by atoms with Crippen molar-refractivity contribution in [3.05, 3.63) is 12.4 Å². The standard InChI is InChI=1S/C8H15N3OS/c1-8(9,6-12)2-5-13-7-10-3-4-11-7/h3-4,12H,2,5-6,9H2,1H3,(H,10,11). The predicted octanol–water partition coefficient (Wildman–Crippen LogP) is 0.602. The lowest BCUT2D eigenvalue weighted by Gasteiger charge is -2.20. The summed E-state index contributed by atoms with van der Waals surface area (Å²) in [6.07, 6.45) is 4.28. The van der Waals surface area contributed by atoms with Crippen LogP contribution in [0.2, 0.25) is 0 Å². The molecule has 1 aromatic heterocycles. The van der Waals surface area contributed by atoms with Crippen molar-refractivity contribution < 1.29 is 5.11 Å². The summed E-state index contributed by atoms with van der Waals surface area (Å²) in [6, 6.07) is 0. The van der Waals surface area contributed by atoms with Gasteiger partial charge >= 0.3 is 0 Å². The molecule has 0 bridgehead atoms. The third-order valence-corrected chi connectivity index (χ3v) is 2.65. The van der Waals surface area contributed by atoms with Crippen LogP contribution in [0.1, 0.15) is 13.3 Å². The summed E-state index contributed by atoms with van der Waals surface area (Å²) in [4.78, 5) is 7.06. The molecule has 1 rings (SSSR count). The zero-order chi connectivity index (χ0) is 9.73. The minimum absolute atomic E-state index is 0.0196. The number of hydrogen-bond acceptors (Lipinski definition) is 4. The molecule has 0 aromatic carbocycles. The molecule has 0 saturated heterocycles. The maximum Gasteiger partial charge on any atom is 0.165 e. The summed E-state index contributed by atoms with van der Waals surface area (Å²) in [5.74, 6) is 0.862. The average Bonchev–Trinajstić information content (AvgIpc) is 2.57. The first kappa shape index (κ1) is 10.6.